The van der Waals surface area contributed by atoms with Gasteiger partial charge in [0.15, 0.2) is 0 Å². The van der Waals surface area contributed by atoms with E-state index >= 15 is 0 Å². The molecule has 7 heteroatoms. The Hall–Kier alpha value is -1.15. The second kappa shape index (κ2) is 6.16. The molecule has 0 fully saturated rings. The summed E-state index contributed by atoms with van der Waals surface area (Å²) in [5, 5.41) is 0. The summed E-state index contributed by atoms with van der Waals surface area (Å²) in [6, 6.07) is 4.95. The van der Waals surface area contributed by atoms with Crippen molar-refractivity contribution in [3.05, 3.63) is 29.3 Å². The van der Waals surface area contributed by atoms with Crippen molar-refractivity contribution < 1.29 is 22.4 Å². The zero-order chi connectivity index (χ0) is 16.5. The summed E-state index contributed by atoms with van der Waals surface area (Å²) < 4.78 is 44.6. The van der Waals surface area contributed by atoms with Crippen LogP contribution in [0.25, 0.3) is 0 Å². The van der Waals surface area contributed by atoms with E-state index in [9.17, 15) is 8.42 Å². The first-order chi connectivity index (χ1) is 10.1. The molecule has 22 heavy (non-hydrogen) atoms. The molecule has 0 saturated heterocycles. The van der Waals surface area contributed by atoms with Crippen LogP contribution in [0.5, 0.6) is 5.75 Å². The van der Waals surface area contributed by atoms with E-state index in [0.717, 1.165) is 23.3 Å². The zero-order valence-electron chi connectivity index (χ0n) is 13.3. The second-order valence-electron chi connectivity index (χ2n) is 6.11. The normalized spacial score (nSPS) is 21.2. The summed E-state index contributed by atoms with van der Waals surface area (Å²) in [6.07, 6.45) is 0.551. The summed E-state index contributed by atoms with van der Waals surface area (Å²) in [5.41, 5.74) is 1.39. The molecule has 0 saturated carbocycles. The monoisotopic (exact) mass is 329 g/mol. The van der Waals surface area contributed by atoms with Crippen molar-refractivity contribution >= 4 is 10.3 Å². The fourth-order valence-electron chi connectivity index (χ4n) is 2.57. The highest BCUT2D eigenvalue weighted by Crippen LogP contribution is 2.44. The van der Waals surface area contributed by atoms with Crippen LogP contribution >= 0.6 is 0 Å². The lowest BCUT2D eigenvalue weighted by Crippen LogP contribution is -2.35. The topological polar surface area (TPSA) is 84.9 Å². The van der Waals surface area contributed by atoms with Gasteiger partial charge in [-0.15, -0.1) is 0 Å². The van der Waals surface area contributed by atoms with Crippen molar-refractivity contribution in [3.63, 3.8) is 0 Å². The Labute approximate surface area is 131 Å². The van der Waals surface area contributed by atoms with Gasteiger partial charge in [0, 0.05) is 11.6 Å². The SMILES string of the molecule is CCCOC1Oc2ccc(C(C)NS(=O)(=O)O)cc2C1(C)C. The van der Waals surface area contributed by atoms with E-state index in [2.05, 4.69) is 4.72 Å². The Morgan fingerprint density at radius 1 is 1.45 bits per heavy atom. The third-order valence-corrected chi connectivity index (χ3v) is 4.47. The minimum Gasteiger partial charge on any atom is -0.464 e. The van der Waals surface area contributed by atoms with E-state index in [1.807, 2.05) is 32.9 Å². The molecule has 1 aliphatic rings. The number of hydrogen-bond acceptors (Lipinski definition) is 4. The van der Waals surface area contributed by atoms with Crippen LogP contribution in [0.2, 0.25) is 0 Å². The number of fused-ring (bicyclic) bond motifs is 1. The molecule has 6 nitrogen and oxygen atoms in total. The number of rotatable bonds is 6. The van der Waals surface area contributed by atoms with Crippen molar-refractivity contribution in [3.8, 4) is 5.75 Å². The molecule has 1 aromatic rings. The highest BCUT2D eigenvalue weighted by molar-refractivity contribution is 7.83. The summed E-state index contributed by atoms with van der Waals surface area (Å²) >= 11 is 0. The minimum atomic E-state index is -4.24. The van der Waals surface area contributed by atoms with Crippen LogP contribution in [0.15, 0.2) is 18.2 Å². The molecule has 1 aliphatic heterocycles. The Kier molecular flexibility index (Phi) is 4.81. The standard InChI is InChI=1S/C15H23NO5S/c1-5-8-20-14-15(3,4)12-9-11(6-7-13(12)21-14)10(2)16-22(17,18)19/h6-7,9-10,14,16H,5,8H2,1-4H3,(H,17,18,19). The molecule has 2 atom stereocenters. The molecule has 1 aromatic carbocycles. The lowest BCUT2D eigenvalue weighted by Gasteiger charge is -2.26. The van der Waals surface area contributed by atoms with Gasteiger partial charge >= 0.3 is 10.3 Å². The van der Waals surface area contributed by atoms with E-state index in [4.69, 9.17) is 14.0 Å². The van der Waals surface area contributed by atoms with Crippen LogP contribution in [-0.2, 0) is 20.5 Å². The summed E-state index contributed by atoms with van der Waals surface area (Å²) in [6.45, 7) is 8.39. The van der Waals surface area contributed by atoms with E-state index in [-0.39, 0.29) is 11.7 Å². The van der Waals surface area contributed by atoms with Gasteiger partial charge in [0.2, 0.25) is 6.29 Å². The van der Waals surface area contributed by atoms with Crippen LogP contribution in [0.4, 0.5) is 0 Å². The number of nitrogens with one attached hydrogen (secondary N) is 1. The average molecular weight is 329 g/mol. The number of benzene rings is 1. The maximum atomic E-state index is 10.9. The number of ether oxygens (including phenoxy) is 2. The van der Waals surface area contributed by atoms with Gasteiger partial charge in [-0.1, -0.05) is 13.0 Å². The molecule has 0 aromatic heterocycles. The maximum absolute atomic E-state index is 10.9. The largest absolute Gasteiger partial charge is 0.464 e. The van der Waals surface area contributed by atoms with Gasteiger partial charge in [-0.3, -0.25) is 4.55 Å². The molecule has 0 amide bonds. The summed E-state index contributed by atoms with van der Waals surface area (Å²) in [5.74, 6) is 0.744. The Morgan fingerprint density at radius 3 is 2.73 bits per heavy atom. The number of hydrogen-bond donors (Lipinski definition) is 2. The van der Waals surface area contributed by atoms with Crippen molar-refractivity contribution in [2.45, 2.75) is 51.9 Å². The molecule has 2 unspecified atom stereocenters. The first-order valence-electron chi connectivity index (χ1n) is 7.32. The highest BCUT2D eigenvalue weighted by atomic mass is 32.2. The predicted octanol–water partition coefficient (Wildman–Crippen LogP) is 2.56. The van der Waals surface area contributed by atoms with Crippen molar-refractivity contribution in [2.75, 3.05) is 6.61 Å². The minimum absolute atomic E-state index is 0.335. The Balaban J connectivity index is 2.26. The summed E-state index contributed by atoms with van der Waals surface area (Å²) in [4.78, 5) is 0. The van der Waals surface area contributed by atoms with Gasteiger partial charge in [0.25, 0.3) is 0 Å². The van der Waals surface area contributed by atoms with Gasteiger partial charge in [-0.2, -0.15) is 13.1 Å². The molecule has 124 valence electrons. The maximum Gasteiger partial charge on any atom is 0.333 e. The molecule has 2 rings (SSSR count). The lowest BCUT2D eigenvalue weighted by atomic mass is 9.84. The van der Waals surface area contributed by atoms with Crippen molar-refractivity contribution in [2.24, 2.45) is 0 Å². The molecule has 1 heterocycles. The van der Waals surface area contributed by atoms with Gasteiger partial charge in [0.05, 0.1) is 12.0 Å². The van der Waals surface area contributed by atoms with E-state index < -0.39 is 16.3 Å². The molecule has 2 N–H and O–H groups in total. The van der Waals surface area contributed by atoms with E-state index in [0.29, 0.717) is 6.61 Å². The van der Waals surface area contributed by atoms with Crippen LogP contribution in [0.3, 0.4) is 0 Å². The van der Waals surface area contributed by atoms with Crippen LogP contribution in [0, 0.1) is 0 Å². The first kappa shape index (κ1) is 17.2. The van der Waals surface area contributed by atoms with Crippen molar-refractivity contribution in [1.29, 1.82) is 0 Å². The fourth-order valence-corrected chi connectivity index (χ4v) is 3.15. The smallest absolute Gasteiger partial charge is 0.333 e. The van der Waals surface area contributed by atoms with Crippen LogP contribution in [-0.4, -0.2) is 25.9 Å². The zero-order valence-corrected chi connectivity index (χ0v) is 14.1. The lowest BCUT2D eigenvalue weighted by molar-refractivity contribution is -0.102. The van der Waals surface area contributed by atoms with Gasteiger partial charge in [-0.25, -0.2) is 0 Å². The molecule has 0 radical (unpaired) electrons. The third-order valence-electron chi connectivity index (χ3n) is 3.82. The average Bonchev–Trinajstić information content (AvgIpc) is 2.65. The molecule has 0 bridgehead atoms. The van der Waals surface area contributed by atoms with Gasteiger partial charge < -0.3 is 9.47 Å². The molecular weight excluding hydrogens is 306 g/mol. The second-order valence-corrected chi connectivity index (χ2v) is 7.30. The first-order valence-corrected chi connectivity index (χ1v) is 8.76. The Bertz CT molecular complexity index is 641. The fraction of sp³-hybridized carbons (Fsp3) is 0.600. The van der Waals surface area contributed by atoms with E-state index in [1.165, 1.54) is 0 Å². The quantitative estimate of drug-likeness (QED) is 0.784. The van der Waals surface area contributed by atoms with Gasteiger partial charge in [0.1, 0.15) is 5.75 Å². The third kappa shape index (κ3) is 3.60. The molecular formula is C15H23NO5S. The molecule has 0 aliphatic carbocycles. The van der Waals surface area contributed by atoms with E-state index in [1.54, 1.807) is 13.0 Å². The summed E-state index contributed by atoms with van der Waals surface area (Å²) in [7, 11) is -4.24. The predicted molar refractivity (Wildman–Crippen MR) is 83.2 cm³/mol. The Morgan fingerprint density at radius 2 is 2.14 bits per heavy atom. The van der Waals surface area contributed by atoms with Crippen molar-refractivity contribution in [1.82, 2.24) is 4.72 Å². The van der Waals surface area contributed by atoms with Crippen LogP contribution < -0.4 is 9.46 Å². The van der Waals surface area contributed by atoms with Gasteiger partial charge in [-0.05, 0) is 44.9 Å². The highest BCUT2D eigenvalue weighted by Gasteiger charge is 2.42. The van der Waals surface area contributed by atoms with Crippen LogP contribution in [0.1, 0.15) is 51.3 Å². The molecule has 0 spiro atoms.